The summed E-state index contributed by atoms with van der Waals surface area (Å²) in [5, 5.41) is 38.0. The molecule has 2 aromatic carbocycles. The first-order valence-corrected chi connectivity index (χ1v) is 32.1. The summed E-state index contributed by atoms with van der Waals surface area (Å²) < 4.78 is 39.7. The molecule has 4 heterocycles. The molecule has 0 radical (unpaired) electrons. The van der Waals surface area contributed by atoms with E-state index in [1.54, 1.807) is 24.6 Å². The average Bonchev–Trinajstić information content (AvgIpc) is 3.77. The second-order valence-electron chi connectivity index (χ2n) is 17.9. The highest BCUT2D eigenvalue weighted by atomic mass is 35.5. The van der Waals surface area contributed by atoms with Gasteiger partial charge in [0.1, 0.15) is 36.5 Å². The van der Waals surface area contributed by atoms with Crippen LogP contribution in [-0.4, -0.2) is 125 Å². The Kier molecular flexibility index (Phi) is 17.8. The minimum Gasteiger partial charge on any atom is -0.392 e. The van der Waals surface area contributed by atoms with Crippen molar-refractivity contribution >= 4 is 94.7 Å². The molecule has 0 saturated carbocycles. The van der Waals surface area contributed by atoms with Gasteiger partial charge >= 0.3 is 0 Å². The van der Waals surface area contributed by atoms with E-state index >= 15 is 0 Å². The summed E-state index contributed by atoms with van der Waals surface area (Å²) in [6.07, 6.45) is 1.78. The summed E-state index contributed by atoms with van der Waals surface area (Å²) in [5.41, 5.74) is 3.63. The molecule has 0 aliphatic heterocycles. The van der Waals surface area contributed by atoms with Crippen LogP contribution in [0.25, 0.3) is 44.6 Å². The van der Waals surface area contributed by atoms with Gasteiger partial charge in [-0.2, -0.15) is 15.2 Å². The second-order valence-corrected chi connectivity index (χ2v) is 32.6. The highest BCUT2D eigenvalue weighted by Gasteiger charge is 2.26. The van der Waals surface area contributed by atoms with E-state index < -0.39 is 38.2 Å². The van der Waals surface area contributed by atoms with E-state index in [9.17, 15) is 18.6 Å². The van der Waals surface area contributed by atoms with Gasteiger partial charge < -0.3 is 30.3 Å². The molecule has 22 heteroatoms. The Hall–Kier alpha value is -3.71. The molecule has 0 unspecified atom stereocenters. The van der Waals surface area contributed by atoms with E-state index in [1.165, 1.54) is 16.4 Å². The lowest BCUT2D eigenvalue weighted by molar-refractivity contribution is 0.0813. The standard InChI is InChI=1S/C21H30ClN5O4SSi.C21H30ClN5O2SSi/c1-14(28)12-23-19-17-18(15-8-6-7-9-16(15)22)26-27(13-31-10-11-33(3,4)5)20(17)25-21(24-19)32(2,29)30;1-14(28)12-23-19-17-18(15-8-6-7-9-16(15)22)26-27(13-29-10-11-31(3,4)5)20(17)25-21(24-19)30-2/h6-9,14,28H,10-13H2,1-5H3,(H,23,24,25);6-9,14,28H,10-13H2,1-5H3,(H,23,24,25)/t2*14-/m00/s1. The molecule has 16 nitrogen and oxygen atoms in total. The van der Waals surface area contributed by atoms with Crippen molar-refractivity contribution in [3.63, 3.8) is 0 Å². The van der Waals surface area contributed by atoms with Gasteiger partial charge in [-0.1, -0.05) is 111 Å². The van der Waals surface area contributed by atoms with Crippen LogP contribution in [0.1, 0.15) is 13.8 Å². The van der Waals surface area contributed by atoms with Crippen LogP contribution < -0.4 is 10.6 Å². The quantitative estimate of drug-likeness (QED) is 0.0245. The van der Waals surface area contributed by atoms with Gasteiger partial charge in [0.05, 0.1) is 33.0 Å². The molecule has 0 amide bonds. The number of aromatic nitrogens is 8. The van der Waals surface area contributed by atoms with Gasteiger partial charge in [-0.3, -0.25) is 0 Å². The molecule has 4 aromatic heterocycles. The third-order valence-corrected chi connectivity index (χ3v) is 14.9. The number of fused-ring (bicyclic) bond motifs is 2. The molecule has 0 aliphatic rings. The minimum absolute atomic E-state index is 0.0987. The molecule has 64 heavy (non-hydrogen) atoms. The lowest BCUT2D eigenvalue weighted by Gasteiger charge is -2.15. The number of benzene rings is 2. The predicted molar refractivity (Wildman–Crippen MR) is 265 cm³/mol. The van der Waals surface area contributed by atoms with E-state index in [-0.39, 0.29) is 24.2 Å². The first kappa shape index (κ1) is 51.3. The number of anilines is 2. The fourth-order valence-electron chi connectivity index (χ4n) is 6.03. The zero-order valence-corrected chi connectivity index (χ0v) is 43.3. The molecule has 6 aromatic rings. The number of nitrogens with zero attached hydrogens (tertiary/aromatic N) is 8. The third-order valence-electron chi connectivity index (χ3n) is 9.46. The number of hydrogen-bond donors (Lipinski definition) is 4. The summed E-state index contributed by atoms with van der Waals surface area (Å²) in [6, 6.07) is 16.9. The van der Waals surface area contributed by atoms with Crippen molar-refractivity contribution in [1.29, 1.82) is 0 Å². The van der Waals surface area contributed by atoms with Crippen LogP contribution in [0.3, 0.4) is 0 Å². The zero-order chi connectivity index (χ0) is 47.0. The Balaban J connectivity index is 0.000000241. The Morgan fingerprint density at radius 3 is 1.52 bits per heavy atom. The highest BCUT2D eigenvalue weighted by molar-refractivity contribution is 7.98. The van der Waals surface area contributed by atoms with Crippen molar-refractivity contribution in [2.24, 2.45) is 0 Å². The summed E-state index contributed by atoms with van der Waals surface area (Å²) in [6.45, 7) is 19.3. The van der Waals surface area contributed by atoms with E-state index in [4.69, 9.17) is 42.8 Å². The zero-order valence-electron chi connectivity index (χ0n) is 38.1. The van der Waals surface area contributed by atoms with Crippen LogP contribution in [0.15, 0.2) is 58.8 Å². The second kappa shape index (κ2) is 22.2. The summed E-state index contributed by atoms with van der Waals surface area (Å²) in [7, 11) is -6.17. The van der Waals surface area contributed by atoms with Crippen molar-refractivity contribution in [3.05, 3.63) is 58.6 Å². The summed E-state index contributed by atoms with van der Waals surface area (Å²) >= 11 is 14.4. The van der Waals surface area contributed by atoms with Gasteiger partial charge in [0, 0.05) is 59.8 Å². The van der Waals surface area contributed by atoms with Crippen LogP contribution in [-0.2, 0) is 32.8 Å². The fourth-order valence-corrected chi connectivity index (χ4v) is 8.86. The Morgan fingerprint density at radius 2 is 1.12 bits per heavy atom. The molecule has 348 valence electrons. The SMILES string of the molecule is CSc1nc(NC[C@H](C)O)c2c(-c3ccccc3Cl)nn(COCC[Si](C)(C)C)c2n1.C[C@H](O)CNc1nc(S(C)(=O)=O)nc2c1c(-c1ccccc1Cl)nn2COCC[Si](C)(C)C. The van der Waals surface area contributed by atoms with Crippen LogP contribution in [0.4, 0.5) is 11.6 Å². The van der Waals surface area contributed by atoms with E-state index in [2.05, 4.69) is 70.0 Å². The van der Waals surface area contributed by atoms with Crippen LogP contribution in [0.5, 0.6) is 0 Å². The number of aliphatic hydroxyl groups is 2. The average molecular weight is 992 g/mol. The summed E-state index contributed by atoms with van der Waals surface area (Å²) in [5.74, 6) is 0.878. The van der Waals surface area contributed by atoms with Crippen molar-refractivity contribution in [2.45, 2.75) is 101 Å². The van der Waals surface area contributed by atoms with Gasteiger partial charge in [0.2, 0.25) is 9.84 Å². The smallest absolute Gasteiger partial charge is 0.250 e. The molecule has 0 saturated heterocycles. The van der Waals surface area contributed by atoms with Gasteiger partial charge in [-0.05, 0) is 44.3 Å². The molecule has 0 spiro atoms. The van der Waals surface area contributed by atoms with Gasteiger partial charge in [0.15, 0.2) is 16.5 Å². The van der Waals surface area contributed by atoms with Crippen molar-refractivity contribution in [1.82, 2.24) is 39.5 Å². The Morgan fingerprint density at radius 1 is 0.703 bits per heavy atom. The third kappa shape index (κ3) is 14.1. The van der Waals surface area contributed by atoms with Crippen LogP contribution in [0.2, 0.25) is 61.4 Å². The van der Waals surface area contributed by atoms with Crippen molar-refractivity contribution < 1.29 is 28.1 Å². The van der Waals surface area contributed by atoms with Crippen LogP contribution >= 0.6 is 35.0 Å². The minimum atomic E-state index is -3.71. The number of nitrogens with one attached hydrogen (secondary N) is 2. The van der Waals surface area contributed by atoms with Gasteiger partial charge in [0.25, 0.3) is 5.16 Å². The molecular weight excluding hydrogens is 932 g/mol. The molecular formula is C42H60Cl2N10O6S2Si2. The van der Waals surface area contributed by atoms with E-state index in [0.29, 0.717) is 81.1 Å². The Labute approximate surface area is 391 Å². The maximum absolute atomic E-state index is 12.3. The topological polar surface area (TPSA) is 204 Å². The normalized spacial score (nSPS) is 13.2. The predicted octanol–water partition coefficient (Wildman–Crippen LogP) is 8.63. The maximum atomic E-state index is 12.3. The van der Waals surface area contributed by atoms with Crippen molar-refractivity contribution in [2.75, 3.05) is 49.4 Å². The van der Waals surface area contributed by atoms with Gasteiger partial charge in [-0.25, -0.2) is 32.7 Å². The molecule has 0 fully saturated rings. The lowest BCUT2D eigenvalue weighted by Crippen LogP contribution is -2.22. The highest BCUT2D eigenvalue weighted by Crippen LogP contribution is 2.38. The number of sulfone groups is 1. The number of aliphatic hydroxyl groups excluding tert-OH is 2. The molecule has 6 rings (SSSR count). The molecule has 2 atom stereocenters. The molecule has 0 aliphatic carbocycles. The lowest BCUT2D eigenvalue weighted by atomic mass is 10.1. The fraction of sp³-hybridized carbons (Fsp3) is 0.476. The molecule has 0 bridgehead atoms. The largest absolute Gasteiger partial charge is 0.392 e. The number of rotatable bonds is 20. The maximum Gasteiger partial charge on any atom is 0.250 e. The van der Waals surface area contributed by atoms with Crippen LogP contribution in [0, 0.1) is 0 Å². The van der Waals surface area contributed by atoms with Gasteiger partial charge in [-0.15, -0.1) is 0 Å². The first-order chi connectivity index (χ1) is 30.1. The molecule has 4 N–H and O–H groups in total. The number of halogens is 2. The van der Waals surface area contributed by atoms with Crippen molar-refractivity contribution in [3.8, 4) is 22.5 Å². The monoisotopic (exact) mass is 990 g/mol. The van der Waals surface area contributed by atoms with E-state index in [0.717, 1.165) is 29.3 Å². The Bertz CT molecular complexity index is 2640. The number of hydrogen-bond acceptors (Lipinski definition) is 15. The number of ether oxygens (including phenoxy) is 2. The first-order valence-electron chi connectivity index (χ1n) is 20.9. The number of thioether (sulfide) groups is 1. The summed E-state index contributed by atoms with van der Waals surface area (Å²) in [4.78, 5) is 17.9. The van der Waals surface area contributed by atoms with E-state index in [1.807, 2.05) is 48.7 Å².